The number of fused-ring (bicyclic) bond motifs is 5. The Bertz CT molecular complexity index is 484. The SMILES string of the molecule is CC(O)[C@H]1CC[C@H]2[C@@H]3CC[C@H]4C[C@](C)(O)[C@H](C)C[C@@H]4[C@H]3CC[C@]12C. The van der Waals surface area contributed by atoms with Gasteiger partial charge in [-0.05, 0) is 112 Å². The smallest absolute Gasteiger partial charge is 0.0648 e. The predicted molar refractivity (Wildman–Crippen MR) is 97.5 cm³/mol. The summed E-state index contributed by atoms with van der Waals surface area (Å²) >= 11 is 0. The fourth-order valence-corrected chi connectivity index (χ4v) is 8.08. The lowest BCUT2D eigenvalue weighted by atomic mass is 9.48. The lowest BCUT2D eigenvalue weighted by Crippen LogP contribution is -2.53. The van der Waals surface area contributed by atoms with Gasteiger partial charge in [0.15, 0.2) is 0 Å². The summed E-state index contributed by atoms with van der Waals surface area (Å²) in [6.45, 7) is 8.86. The van der Waals surface area contributed by atoms with E-state index in [2.05, 4.69) is 20.8 Å². The zero-order valence-electron chi connectivity index (χ0n) is 16.2. The van der Waals surface area contributed by atoms with E-state index in [0.717, 1.165) is 36.0 Å². The molecule has 2 nitrogen and oxygen atoms in total. The molecule has 4 saturated carbocycles. The average molecular weight is 335 g/mol. The highest BCUT2D eigenvalue weighted by molar-refractivity contribution is 5.08. The summed E-state index contributed by atoms with van der Waals surface area (Å²) in [5, 5.41) is 21.0. The normalized spacial score (nSPS) is 58.5. The van der Waals surface area contributed by atoms with Crippen LogP contribution in [0.1, 0.15) is 79.1 Å². The van der Waals surface area contributed by atoms with Gasteiger partial charge in [-0.1, -0.05) is 13.8 Å². The quantitative estimate of drug-likeness (QED) is 0.734. The number of aliphatic hydroxyl groups is 2. The molecule has 0 bridgehead atoms. The molecule has 0 aromatic carbocycles. The van der Waals surface area contributed by atoms with Crippen LogP contribution in [0.15, 0.2) is 0 Å². The third-order valence-corrected chi connectivity index (χ3v) is 9.54. The molecule has 24 heavy (non-hydrogen) atoms. The number of hydrogen-bond donors (Lipinski definition) is 2. The van der Waals surface area contributed by atoms with Crippen molar-refractivity contribution in [3.05, 3.63) is 0 Å². The molecule has 138 valence electrons. The molecule has 0 aliphatic heterocycles. The second-order valence-corrected chi connectivity index (χ2v) is 10.6. The van der Waals surface area contributed by atoms with Gasteiger partial charge in [0.25, 0.3) is 0 Å². The highest BCUT2D eigenvalue weighted by atomic mass is 16.3. The summed E-state index contributed by atoms with van der Waals surface area (Å²) in [6, 6.07) is 0. The molecule has 0 aromatic rings. The molecule has 4 fully saturated rings. The molecule has 0 aromatic heterocycles. The summed E-state index contributed by atoms with van der Waals surface area (Å²) in [4.78, 5) is 0. The van der Waals surface area contributed by atoms with Crippen molar-refractivity contribution in [2.24, 2.45) is 46.8 Å². The van der Waals surface area contributed by atoms with E-state index in [4.69, 9.17) is 0 Å². The van der Waals surface area contributed by atoms with Gasteiger partial charge in [0.1, 0.15) is 0 Å². The standard InChI is InChI=1S/C22H38O2/c1-13-11-18-15(12-22(13,4)24)5-6-17-16(18)9-10-21(3)19(14(2)23)7-8-20(17)21/h13-20,23-24H,5-12H2,1-4H3/t13-,14?,15+,16+,17-,18+,19-,20+,21-,22+/m1/s1. The molecule has 2 N–H and O–H groups in total. The fraction of sp³-hybridized carbons (Fsp3) is 1.00. The molecule has 0 amide bonds. The first-order valence-corrected chi connectivity index (χ1v) is 10.6. The van der Waals surface area contributed by atoms with Gasteiger partial charge in [0.2, 0.25) is 0 Å². The monoisotopic (exact) mass is 334 g/mol. The lowest BCUT2D eigenvalue weighted by molar-refractivity contribution is -0.126. The molecule has 0 radical (unpaired) electrons. The van der Waals surface area contributed by atoms with Crippen LogP contribution in [0.25, 0.3) is 0 Å². The fourth-order valence-electron chi connectivity index (χ4n) is 8.08. The van der Waals surface area contributed by atoms with E-state index in [1.54, 1.807) is 0 Å². The number of rotatable bonds is 1. The van der Waals surface area contributed by atoms with Crippen LogP contribution in [-0.4, -0.2) is 21.9 Å². The van der Waals surface area contributed by atoms with Gasteiger partial charge in [-0.2, -0.15) is 0 Å². The molecule has 10 atom stereocenters. The predicted octanol–water partition coefficient (Wildman–Crippen LogP) is 4.63. The van der Waals surface area contributed by atoms with Crippen molar-refractivity contribution in [2.45, 2.75) is 90.8 Å². The summed E-state index contributed by atoms with van der Waals surface area (Å²) in [5.41, 5.74) is -0.0596. The largest absolute Gasteiger partial charge is 0.393 e. The topological polar surface area (TPSA) is 40.5 Å². The maximum atomic E-state index is 10.7. The van der Waals surface area contributed by atoms with Gasteiger partial charge in [-0.15, -0.1) is 0 Å². The molecule has 2 heteroatoms. The molecule has 4 aliphatic carbocycles. The van der Waals surface area contributed by atoms with Crippen LogP contribution < -0.4 is 0 Å². The van der Waals surface area contributed by atoms with Crippen LogP contribution in [0.2, 0.25) is 0 Å². The first kappa shape index (κ1) is 17.3. The van der Waals surface area contributed by atoms with Gasteiger partial charge in [-0.3, -0.25) is 0 Å². The Morgan fingerprint density at radius 2 is 1.71 bits per heavy atom. The Morgan fingerprint density at radius 1 is 0.958 bits per heavy atom. The van der Waals surface area contributed by atoms with Gasteiger partial charge in [-0.25, -0.2) is 0 Å². The second-order valence-electron chi connectivity index (χ2n) is 10.6. The van der Waals surface area contributed by atoms with Crippen LogP contribution in [0.3, 0.4) is 0 Å². The van der Waals surface area contributed by atoms with Gasteiger partial charge >= 0.3 is 0 Å². The molecule has 0 spiro atoms. The number of hydrogen-bond acceptors (Lipinski definition) is 2. The van der Waals surface area contributed by atoms with Crippen LogP contribution in [0.4, 0.5) is 0 Å². The van der Waals surface area contributed by atoms with Crippen LogP contribution in [0.5, 0.6) is 0 Å². The molecule has 4 aliphatic rings. The van der Waals surface area contributed by atoms with Crippen molar-refractivity contribution in [1.29, 1.82) is 0 Å². The van der Waals surface area contributed by atoms with Crippen molar-refractivity contribution < 1.29 is 10.2 Å². The third kappa shape index (κ3) is 2.42. The van der Waals surface area contributed by atoms with E-state index in [-0.39, 0.29) is 6.10 Å². The summed E-state index contributed by atoms with van der Waals surface area (Å²) in [5.74, 6) is 5.21. The van der Waals surface area contributed by atoms with Crippen molar-refractivity contribution in [2.75, 3.05) is 0 Å². The molecular formula is C22H38O2. The minimum atomic E-state index is -0.443. The second kappa shape index (κ2) is 5.71. The molecule has 0 saturated heterocycles. The van der Waals surface area contributed by atoms with E-state index >= 15 is 0 Å². The molecule has 0 heterocycles. The van der Waals surface area contributed by atoms with Crippen LogP contribution in [0, 0.1) is 46.8 Å². The summed E-state index contributed by atoms with van der Waals surface area (Å²) in [6.07, 6.45) is 10.1. The van der Waals surface area contributed by atoms with Crippen LogP contribution >= 0.6 is 0 Å². The average Bonchev–Trinajstić information content (AvgIpc) is 2.85. The minimum absolute atomic E-state index is 0.141. The van der Waals surface area contributed by atoms with E-state index in [1.165, 1.54) is 44.9 Å². The van der Waals surface area contributed by atoms with Crippen molar-refractivity contribution >= 4 is 0 Å². The minimum Gasteiger partial charge on any atom is -0.393 e. The van der Waals surface area contributed by atoms with E-state index < -0.39 is 5.60 Å². The Kier molecular flexibility index (Phi) is 4.12. The highest BCUT2D eigenvalue weighted by Gasteiger charge is 2.58. The van der Waals surface area contributed by atoms with E-state index in [0.29, 0.717) is 17.3 Å². The van der Waals surface area contributed by atoms with Crippen molar-refractivity contribution in [3.8, 4) is 0 Å². The third-order valence-electron chi connectivity index (χ3n) is 9.54. The zero-order valence-corrected chi connectivity index (χ0v) is 16.2. The van der Waals surface area contributed by atoms with E-state index in [9.17, 15) is 10.2 Å². The Hall–Kier alpha value is -0.0800. The summed E-state index contributed by atoms with van der Waals surface area (Å²) in [7, 11) is 0. The molecule has 4 rings (SSSR count). The van der Waals surface area contributed by atoms with E-state index in [1.807, 2.05) is 6.92 Å². The summed E-state index contributed by atoms with van der Waals surface area (Å²) < 4.78 is 0. The van der Waals surface area contributed by atoms with Gasteiger partial charge in [0, 0.05) is 0 Å². The maximum absolute atomic E-state index is 10.7. The Labute approximate surface area is 148 Å². The first-order chi connectivity index (χ1) is 11.2. The van der Waals surface area contributed by atoms with Crippen molar-refractivity contribution in [1.82, 2.24) is 0 Å². The zero-order chi connectivity index (χ0) is 17.3. The van der Waals surface area contributed by atoms with Gasteiger partial charge < -0.3 is 10.2 Å². The lowest BCUT2D eigenvalue weighted by Gasteiger charge is -2.58. The van der Waals surface area contributed by atoms with Gasteiger partial charge in [0.05, 0.1) is 11.7 Å². The number of aliphatic hydroxyl groups excluding tert-OH is 1. The molecule has 1 unspecified atom stereocenters. The Balaban J connectivity index is 1.56. The highest BCUT2D eigenvalue weighted by Crippen LogP contribution is 2.65. The van der Waals surface area contributed by atoms with Crippen molar-refractivity contribution in [3.63, 3.8) is 0 Å². The maximum Gasteiger partial charge on any atom is 0.0648 e. The Morgan fingerprint density at radius 3 is 2.42 bits per heavy atom. The first-order valence-electron chi connectivity index (χ1n) is 10.6. The van der Waals surface area contributed by atoms with Crippen LogP contribution in [-0.2, 0) is 0 Å². The molecular weight excluding hydrogens is 296 g/mol.